The van der Waals surface area contributed by atoms with Gasteiger partial charge in [0.15, 0.2) is 0 Å². The second-order valence-corrected chi connectivity index (χ2v) is 14.3. The van der Waals surface area contributed by atoms with E-state index in [1.54, 1.807) is 24.3 Å². The molecule has 8 N–H and O–H groups in total. The van der Waals surface area contributed by atoms with E-state index in [0.717, 1.165) is 16.8 Å². The number of amides is 6. The van der Waals surface area contributed by atoms with Crippen LogP contribution >= 0.6 is 0 Å². The summed E-state index contributed by atoms with van der Waals surface area (Å²) in [4.78, 5) is 81.5. The number of anilines is 1. The highest BCUT2D eigenvalue weighted by Gasteiger charge is 2.52. The number of hydrogen-bond acceptors (Lipinski definition) is 7. The van der Waals surface area contributed by atoms with Gasteiger partial charge in [-0.1, -0.05) is 78.9 Å². The minimum Gasteiger partial charge on any atom is -0.465 e. The number of hydrogen-bond donors (Lipinski definition) is 6. The second kappa shape index (κ2) is 17.9. The number of nitrogens with zero attached hydrogens (tertiary/aromatic N) is 3. The first kappa shape index (κ1) is 41.5. The van der Waals surface area contributed by atoms with Gasteiger partial charge in [-0.05, 0) is 72.9 Å². The highest BCUT2D eigenvalue weighted by Crippen LogP contribution is 2.41. The number of carbonyl (C=O) groups is 6. The lowest BCUT2D eigenvalue weighted by atomic mass is 9.85. The van der Waals surface area contributed by atoms with Crippen molar-refractivity contribution in [2.75, 3.05) is 18.0 Å². The molecule has 0 bridgehead atoms. The minimum atomic E-state index is -1.46. The molecule has 0 saturated carbocycles. The number of para-hydroxylation sites is 1. The molecule has 2 saturated heterocycles. The quantitative estimate of drug-likeness (QED) is 0.109. The third-order valence-corrected chi connectivity index (χ3v) is 10.8. The largest absolute Gasteiger partial charge is 0.465 e. The molecule has 0 spiro atoms. The Morgan fingerprint density at radius 3 is 1.39 bits per heavy atom. The summed E-state index contributed by atoms with van der Waals surface area (Å²) in [5.74, 6) is -2.53. The molecule has 15 nitrogen and oxygen atoms in total. The first-order valence-electron chi connectivity index (χ1n) is 18.7. The molecule has 2 aliphatic rings. The molecule has 3 aromatic carbocycles. The summed E-state index contributed by atoms with van der Waals surface area (Å²) in [5.41, 5.74) is 12.9. The molecule has 0 radical (unpaired) electrons. The average molecular weight is 780 g/mol. The third kappa shape index (κ3) is 8.62. The molecule has 0 aromatic heterocycles. The Balaban J connectivity index is 1.40. The van der Waals surface area contributed by atoms with Crippen molar-refractivity contribution >= 4 is 41.5 Å². The SMILES string of the molecule is C=CC[C@H](NC(=O)O)C(=O)N1CCC[C@@]1(C(N)=O)c1ccc(CN(Cc2ccc([C@]3(C(N)=O)CCCN3C(=O)[C@H](CC=C)NC(=O)O)cc2)c2ccccc2)cc1. The van der Waals surface area contributed by atoms with Crippen molar-refractivity contribution in [3.05, 3.63) is 126 Å². The number of carboxylic acid groups (broad SMARTS) is 2. The number of rotatable bonds is 17. The predicted octanol–water partition coefficient (Wildman–Crippen LogP) is 3.92. The highest BCUT2D eigenvalue weighted by molar-refractivity contribution is 5.96. The van der Waals surface area contributed by atoms with Gasteiger partial charge in [0.25, 0.3) is 0 Å². The molecule has 2 fully saturated rings. The van der Waals surface area contributed by atoms with Crippen molar-refractivity contribution in [1.82, 2.24) is 20.4 Å². The van der Waals surface area contributed by atoms with Gasteiger partial charge in [-0.3, -0.25) is 19.2 Å². The van der Waals surface area contributed by atoms with Crippen LogP contribution in [-0.2, 0) is 43.3 Å². The molecular weight excluding hydrogens is 731 g/mol. The van der Waals surface area contributed by atoms with Crippen molar-refractivity contribution in [2.24, 2.45) is 11.5 Å². The van der Waals surface area contributed by atoms with Crippen molar-refractivity contribution in [3.8, 4) is 0 Å². The van der Waals surface area contributed by atoms with E-state index in [0.29, 0.717) is 37.1 Å². The van der Waals surface area contributed by atoms with Crippen LogP contribution in [-0.4, -0.2) is 81.0 Å². The number of carbonyl (C=O) groups excluding carboxylic acids is 4. The van der Waals surface area contributed by atoms with Gasteiger partial charge >= 0.3 is 12.2 Å². The normalized spacial score (nSPS) is 19.9. The maximum Gasteiger partial charge on any atom is 0.405 e. The van der Waals surface area contributed by atoms with E-state index in [-0.39, 0.29) is 38.8 Å². The van der Waals surface area contributed by atoms with Crippen LogP contribution in [0.15, 0.2) is 104 Å². The Hall–Kier alpha value is -6.64. The number of likely N-dealkylation sites (tertiary alicyclic amines) is 2. The number of nitrogens with two attached hydrogens (primary N) is 2. The molecule has 0 aliphatic carbocycles. The standard InChI is InChI=1S/C42H49N7O8/c1-3-10-33(45-39(54)55)35(50)48-24-8-22-41(48,37(43)52)30-18-14-28(15-19-30)26-47(32-12-6-5-7-13-32)27-29-16-20-31(21-17-29)42(38(44)53)23-9-25-49(42)36(51)34(11-4-2)46-40(56)57/h3-7,12-21,33-34,45-46H,1-2,8-11,22-27H2,(H2,43,52)(H2,44,53)(H,54,55)(H,56,57)/t33-,34-,41-,42-/m0/s1. The molecule has 2 heterocycles. The Labute approximate surface area is 331 Å². The highest BCUT2D eigenvalue weighted by atomic mass is 16.4. The summed E-state index contributed by atoms with van der Waals surface area (Å²) in [6, 6.07) is 22.1. The number of nitrogens with one attached hydrogen (secondary N) is 2. The van der Waals surface area contributed by atoms with E-state index in [1.807, 2.05) is 54.6 Å². The maximum absolute atomic E-state index is 13.7. The Bertz CT molecular complexity index is 1870. The van der Waals surface area contributed by atoms with Crippen molar-refractivity contribution in [1.29, 1.82) is 0 Å². The number of primary amides is 2. The Morgan fingerprint density at radius 1 is 0.667 bits per heavy atom. The fraction of sp³-hybridized carbons (Fsp3) is 0.333. The molecule has 2 aliphatic heterocycles. The first-order chi connectivity index (χ1) is 27.3. The van der Waals surface area contributed by atoms with E-state index in [2.05, 4.69) is 28.7 Å². The Kier molecular flexibility index (Phi) is 13.0. The lowest BCUT2D eigenvalue weighted by Crippen LogP contribution is -2.58. The zero-order valence-corrected chi connectivity index (χ0v) is 31.6. The van der Waals surface area contributed by atoms with Gasteiger partial charge in [0.1, 0.15) is 23.2 Å². The van der Waals surface area contributed by atoms with Crippen molar-refractivity contribution in [3.63, 3.8) is 0 Å². The molecule has 0 unspecified atom stereocenters. The zero-order valence-electron chi connectivity index (χ0n) is 31.6. The van der Waals surface area contributed by atoms with Gasteiger partial charge in [0, 0.05) is 31.9 Å². The molecule has 4 atom stereocenters. The van der Waals surface area contributed by atoms with Gasteiger partial charge in [0.05, 0.1) is 0 Å². The Morgan fingerprint density at radius 2 is 1.05 bits per heavy atom. The maximum atomic E-state index is 13.7. The van der Waals surface area contributed by atoms with Crippen LogP contribution in [0, 0.1) is 0 Å². The molecule has 15 heteroatoms. The molecule has 5 rings (SSSR count). The van der Waals surface area contributed by atoms with Crippen LogP contribution in [0.5, 0.6) is 0 Å². The smallest absolute Gasteiger partial charge is 0.405 e. The summed E-state index contributed by atoms with van der Waals surface area (Å²) in [6.07, 6.45) is 1.79. The lowest BCUT2D eigenvalue weighted by Gasteiger charge is -2.38. The first-order valence-corrected chi connectivity index (χ1v) is 18.7. The molecule has 300 valence electrons. The van der Waals surface area contributed by atoms with Crippen LogP contribution in [0.1, 0.15) is 60.8 Å². The van der Waals surface area contributed by atoms with E-state index < -0.39 is 59.0 Å². The van der Waals surface area contributed by atoms with E-state index in [4.69, 9.17) is 11.5 Å². The van der Waals surface area contributed by atoms with Crippen LogP contribution < -0.4 is 27.0 Å². The van der Waals surface area contributed by atoms with Gasteiger partial charge in [-0.25, -0.2) is 9.59 Å². The van der Waals surface area contributed by atoms with Crippen molar-refractivity contribution in [2.45, 2.75) is 74.8 Å². The molecular formula is C42H49N7O8. The van der Waals surface area contributed by atoms with E-state index >= 15 is 0 Å². The summed E-state index contributed by atoms with van der Waals surface area (Å²) in [5, 5.41) is 23.2. The molecule has 6 amide bonds. The van der Waals surface area contributed by atoms with Crippen LogP contribution in [0.3, 0.4) is 0 Å². The fourth-order valence-corrected chi connectivity index (χ4v) is 8.17. The summed E-state index contributed by atoms with van der Waals surface area (Å²) in [6.45, 7) is 8.61. The average Bonchev–Trinajstić information content (AvgIpc) is 3.85. The molecule has 3 aromatic rings. The van der Waals surface area contributed by atoms with Crippen LogP contribution in [0.4, 0.5) is 15.3 Å². The summed E-state index contributed by atoms with van der Waals surface area (Å²) < 4.78 is 0. The van der Waals surface area contributed by atoms with Gasteiger partial charge in [-0.2, -0.15) is 0 Å². The van der Waals surface area contributed by atoms with Crippen molar-refractivity contribution < 1.29 is 39.0 Å². The van der Waals surface area contributed by atoms with Gasteiger partial charge < -0.3 is 47.0 Å². The van der Waals surface area contributed by atoms with Crippen LogP contribution in [0.2, 0.25) is 0 Å². The second-order valence-electron chi connectivity index (χ2n) is 14.3. The lowest BCUT2D eigenvalue weighted by molar-refractivity contribution is -0.145. The van der Waals surface area contributed by atoms with Gasteiger partial charge in [-0.15, -0.1) is 13.2 Å². The predicted molar refractivity (Wildman–Crippen MR) is 212 cm³/mol. The minimum absolute atomic E-state index is 0.0421. The monoisotopic (exact) mass is 779 g/mol. The number of benzene rings is 3. The van der Waals surface area contributed by atoms with E-state index in [1.165, 1.54) is 22.0 Å². The van der Waals surface area contributed by atoms with Crippen LogP contribution in [0.25, 0.3) is 0 Å². The topological polar surface area (TPSA) is 229 Å². The van der Waals surface area contributed by atoms with E-state index in [9.17, 15) is 39.0 Å². The molecule has 57 heavy (non-hydrogen) atoms. The summed E-state index contributed by atoms with van der Waals surface area (Å²) >= 11 is 0. The summed E-state index contributed by atoms with van der Waals surface area (Å²) in [7, 11) is 0. The third-order valence-electron chi connectivity index (χ3n) is 10.8. The fourth-order valence-electron chi connectivity index (χ4n) is 8.17. The van der Waals surface area contributed by atoms with Gasteiger partial charge in [0.2, 0.25) is 23.6 Å². The zero-order chi connectivity index (χ0) is 41.3.